The Bertz CT molecular complexity index is 959. The molecule has 1 heterocycles. The maximum Gasteiger partial charge on any atom is 0.335 e. The van der Waals surface area contributed by atoms with Gasteiger partial charge in [0.2, 0.25) is 5.95 Å². The standard InChI is InChI=1S/C18H14Cl2N4O2/c1-10-8-15(22-12-5-2-4-11(9-12)17(25)26)23-18(21-10)24-16-13(19)6-3-7-14(16)20/h2-9H,1H3,(H,25,26)(H2,21,22,23,24). The van der Waals surface area contributed by atoms with Gasteiger partial charge in [0, 0.05) is 17.4 Å². The molecule has 8 heteroatoms. The van der Waals surface area contributed by atoms with Crippen molar-refractivity contribution in [3.05, 3.63) is 69.8 Å². The van der Waals surface area contributed by atoms with Gasteiger partial charge in [-0.2, -0.15) is 4.98 Å². The second kappa shape index (κ2) is 7.59. The maximum absolute atomic E-state index is 11.1. The van der Waals surface area contributed by atoms with Crippen LogP contribution in [-0.2, 0) is 0 Å². The van der Waals surface area contributed by atoms with E-state index in [1.807, 2.05) is 6.92 Å². The zero-order chi connectivity index (χ0) is 18.7. The molecule has 2 aromatic carbocycles. The first-order valence-electron chi connectivity index (χ1n) is 7.59. The van der Waals surface area contributed by atoms with Gasteiger partial charge in [-0.05, 0) is 37.3 Å². The minimum Gasteiger partial charge on any atom is -0.478 e. The van der Waals surface area contributed by atoms with E-state index in [-0.39, 0.29) is 5.56 Å². The van der Waals surface area contributed by atoms with Gasteiger partial charge in [0.15, 0.2) is 0 Å². The molecule has 6 nitrogen and oxygen atoms in total. The van der Waals surface area contributed by atoms with Crippen LogP contribution in [0.4, 0.5) is 23.1 Å². The molecule has 3 aromatic rings. The van der Waals surface area contributed by atoms with Crippen LogP contribution in [0.3, 0.4) is 0 Å². The zero-order valence-electron chi connectivity index (χ0n) is 13.6. The van der Waals surface area contributed by atoms with Gasteiger partial charge >= 0.3 is 5.97 Å². The Balaban J connectivity index is 1.88. The van der Waals surface area contributed by atoms with E-state index in [4.69, 9.17) is 28.3 Å². The zero-order valence-corrected chi connectivity index (χ0v) is 15.1. The first-order chi connectivity index (χ1) is 12.4. The van der Waals surface area contributed by atoms with Crippen LogP contribution in [0.5, 0.6) is 0 Å². The first-order valence-corrected chi connectivity index (χ1v) is 8.35. The average molecular weight is 389 g/mol. The second-order valence-electron chi connectivity index (χ2n) is 5.45. The summed E-state index contributed by atoms with van der Waals surface area (Å²) in [4.78, 5) is 19.8. The van der Waals surface area contributed by atoms with Crippen LogP contribution in [0.1, 0.15) is 16.1 Å². The quantitative estimate of drug-likeness (QED) is 0.551. The Morgan fingerprint density at radius 3 is 2.38 bits per heavy atom. The topological polar surface area (TPSA) is 87.1 Å². The van der Waals surface area contributed by atoms with Crippen LogP contribution in [0.15, 0.2) is 48.5 Å². The Morgan fingerprint density at radius 1 is 1.00 bits per heavy atom. The first kappa shape index (κ1) is 18.0. The fraction of sp³-hybridized carbons (Fsp3) is 0.0556. The number of aromatic nitrogens is 2. The summed E-state index contributed by atoms with van der Waals surface area (Å²) in [5.74, 6) is -0.175. The number of carbonyl (C=O) groups is 1. The summed E-state index contributed by atoms with van der Waals surface area (Å²) < 4.78 is 0. The molecule has 0 aliphatic rings. The number of rotatable bonds is 5. The van der Waals surface area contributed by atoms with Crippen molar-refractivity contribution >= 4 is 52.3 Å². The number of hydrogen-bond donors (Lipinski definition) is 3. The highest BCUT2D eigenvalue weighted by molar-refractivity contribution is 6.39. The van der Waals surface area contributed by atoms with Crippen molar-refractivity contribution in [1.29, 1.82) is 0 Å². The number of halogens is 2. The van der Waals surface area contributed by atoms with Crippen LogP contribution in [-0.4, -0.2) is 21.0 Å². The predicted octanol–water partition coefficient (Wildman–Crippen LogP) is 5.28. The number of nitrogens with zero attached hydrogens (tertiary/aromatic N) is 2. The highest BCUT2D eigenvalue weighted by atomic mass is 35.5. The van der Waals surface area contributed by atoms with Gasteiger partial charge in [-0.1, -0.05) is 35.3 Å². The van der Waals surface area contributed by atoms with Crippen molar-refractivity contribution in [2.45, 2.75) is 6.92 Å². The van der Waals surface area contributed by atoms with Crippen molar-refractivity contribution in [2.75, 3.05) is 10.6 Å². The Morgan fingerprint density at radius 2 is 1.69 bits per heavy atom. The Kier molecular flexibility index (Phi) is 5.25. The summed E-state index contributed by atoms with van der Waals surface area (Å²) in [5, 5.41) is 16.1. The molecule has 0 atom stereocenters. The van der Waals surface area contributed by atoms with E-state index in [0.717, 1.165) is 0 Å². The molecule has 0 radical (unpaired) electrons. The van der Waals surface area contributed by atoms with Crippen molar-refractivity contribution in [3.63, 3.8) is 0 Å². The van der Waals surface area contributed by atoms with E-state index in [0.29, 0.717) is 38.9 Å². The molecular weight excluding hydrogens is 375 g/mol. The number of carboxylic acids is 1. The molecule has 0 saturated heterocycles. The summed E-state index contributed by atoms with van der Waals surface area (Å²) in [6.07, 6.45) is 0. The number of aryl methyl sites for hydroxylation is 1. The van der Waals surface area contributed by atoms with E-state index in [9.17, 15) is 4.79 Å². The summed E-state index contributed by atoms with van der Waals surface area (Å²) in [7, 11) is 0. The third-order valence-corrected chi connectivity index (χ3v) is 4.07. The van der Waals surface area contributed by atoms with Crippen LogP contribution in [0.25, 0.3) is 0 Å². The van der Waals surface area contributed by atoms with E-state index in [2.05, 4.69) is 20.6 Å². The van der Waals surface area contributed by atoms with Gasteiger partial charge in [-0.15, -0.1) is 0 Å². The van der Waals surface area contributed by atoms with Gasteiger partial charge < -0.3 is 15.7 Å². The molecule has 0 unspecified atom stereocenters. The van der Waals surface area contributed by atoms with Crippen molar-refractivity contribution in [2.24, 2.45) is 0 Å². The molecule has 0 aliphatic carbocycles. The number of para-hydroxylation sites is 1. The molecule has 0 fully saturated rings. The second-order valence-corrected chi connectivity index (χ2v) is 6.27. The maximum atomic E-state index is 11.1. The minimum absolute atomic E-state index is 0.182. The number of anilines is 4. The molecule has 3 rings (SSSR count). The van der Waals surface area contributed by atoms with Crippen LogP contribution < -0.4 is 10.6 Å². The summed E-state index contributed by atoms with van der Waals surface area (Å²) >= 11 is 12.3. The number of nitrogens with one attached hydrogen (secondary N) is 2. The molecule has 0 amide bonds. The minimum atomic E-state index is -0.997. The highest BCUT2D eigenvalue weighted by Crippen LogP contribution is 2.32. The number of hydrogen-bond acceptors (Lipinski definition) is 5. The Hall–Kier alpha value is -2.83. The normalized spacial score (nSPS) is 10.4. The molecule has 0 aliphatic heterocycles. The fourth-order valence-electron chi connectivity index (χ4n) is 2.30. The lowest BCUT2D eigenvalue weighted by atomic mass is 10.2. The average Bonchev–Trinajstić information content (AvgIpc) is 2.58. The molecule has 132 valence electrons. The van der Waals surface area contributed by atoms with Gasteiger partial charge in [0.25, 0.3) is 0 Å². The van der Waals surface area contributed by atoms with E-state index < -0.39 is 5.97 Å². The van der Waals surface area contributed by atoms with Gasteiger partial charge in [-0.3, -0.25) is 0 Å². The van der Waals surface area contributed by atoms with Gasteiger partial charge in [0.05, 0.1) is 21.3 Å². The van der Waals surface area contributed by atoms with Crippen LogP contribution in [0.2, 0.25) is 10.0 Å². The fourth-order valence-corrected chi connectivity index (χ4v) is 2.79. The molecule has 0 bridgehead atoms. The Labute approximate surface area is 159 Å². The summed E-state index contributed by atoms with van der Waals surface area (Å²) in [6, 6.07) is 13.4. The molecule has 0 spiro atoms. The molecular formula is C18H14Cl2N4O2. The van der Waals surface area contributed by atoms with Crippen molar-refractivity contribution in [3.8, 4) is 0 Å². The van der Waals surface area contributed by atoms with Gasteiger partial charge in [0.1, 0.15) is 5.82 Å². The SMILES string of the molecule is Cc1cc(Nc2cccc(C(=O)O)c2)nc(Nc2c(Cl)cccc2Cl)n1. The third-order valence-electron chi connectivity index (χ3n) is 3.44. The smallest absolute Gasteiger partial charge is 0.335 e. The van der Waals surface area contributed by atoms with Crippen molar-refractivity contribution < 1.29 is 9.90 Å². The van der Waals surface area contributed by atoms with Gasteiger partial charge in [-0.25, -0.2) is 9.78 Å². The van der Waals surface area contributed by atoms with Crippen LogP contribution >= 0.6 is 23.2 Å². The lowest BCUT2D eigenvalue weighted by molar-refractivity contribution is 0.0697. The lowest BCUT2D eigenvalue weighted by Crippen LogP contribution is -2.04. The largest absolute Gasteiger partial charge is 0.478 e. The number of aromatic carboxylic acids is 1. The molecule has 1 aromatic heterocycles. The summed E-state index contributed by atoms with van der Waals surface area (Å²) in [6.45, 7) is 1.82. The van der Waals surface area contributed by atoms with E-state index >= 15 is 0 Å². The summed E-state index contributed by atoms with van der Waals surface area (Å²) in [5.41, 5.74) is 2.01. The molecule has 0 saturated carbocycles. The lowest BCUT2D eigenvalue weighted by Gasteiger charge is -2.12. The third kappa shape index (κ3) is 4.22. The van der Waals surface area contributed by atoms with Crippen molar-refractivity contribution in [1.82, 2.24) is 9.97 Å². The van der Waals surface area contributed by atoms with E-state index in [1.165, 1.54) is 12.1 Å². The monoisotopic (exact) mass is 388 g/mol. The number of carboxylic acid groups (broad SMARTS) is 1. The predicted molar refractivity (Wildman–Crippen MR) is 103 cm³/mol. The highest BCUT2D eigenvalue weighted by Gasteiger charge is 2.10. The molecule has 26 heavy (non-hydrogen) atoms. The number of benzene rings is 2. The van der Waals surface area contributed by atoms with E-state index in [1.54, 1.807) is 36.4 Å². The van der Waals surface area contributed by atoms with Crippen LogP contribution in [0, 0.1) is 6.92 Å². The molecule has 3 N–H and O–H groups in total.